The van der Waals surface area contributed by atoms with E-state index in [2.05, 4.69) is 17.2 Å². The van der Waals surface area contributed by atoms with Crippen LogP contribution in [0, 0.1) is 5.92 Å². The number of aromatic nitrogens is 1. The standard InChI is InChI=1S/C11H15ClN2O/c1-8-9(5-6-15-8)7-13-11-4-2-3-10(12)14-11/h2-4,8-9H,5-7H2,1H3,(H,13,14). The molecule has 1 fully saturated rings. The van der Waals surface area contributed by atoms with Crippen LogP contribution in [0.5, 0.6) is 0 Å². The van der Waals surface area contributed by atoms with E-state index >= 15 is 0 Å². The first-order valence-corrected chi connectivity index (χ1v) is 5.61. The van der Waals surface area contributed by atoms with E-state index in [1.807, 2.05) is 12.1 Å². The zero-order chi connectivity index (χ0) is 10.7. The van der Waals surface area contributed by atoms with Crippen molar-refractivity contribution in [3.8, 4) is 0 Å². The molecule has 1 N–H and O–H groups in total. The fraction of sp³-hybridized carbons (Fsp3) is 0.545. The Labute approximate surface area is 94.8 Å². The summed E-state index contributed by atoms with van der Waals surface area (Å²) in [5, 5.41) is 3.81. The lowest BCUT2D eigenvalue weighted by atomic mass is 10.0. The van der Waals surface area contributed by atoms with Crippen LogP contribution in [0.4, 0.5) is 5.82 Å². The molecule has 0 radical (unpaired) electrons. The summed E-state index contributed by atoms with van der Waals surface area (Å²) < 4.78 is 5.49. The molecule has 2 atom stereocenters. The molecule has 1 saturated heterocycles. The second kappa shape index (κ2) is 4.81. The third-order valence-corrected chi connectivity index (χ3v) is 3.00. The molecule has 3 nitrogen and oxygen atoms in total. The zero-order valence-corrected chi connectivity index (χ0v) is 9.50. The number of hydrogen-bond acceptors (Lipinski definition) is 3. The van der Waals surface area contributed by atoms with E-state index < -0.39 is 0 Å². The Morgan fingerprint density at radius 1 is 1.60 bits per heavy atom. The van der Waals surface area contributed by atoms with Gasteiger partial charge in [-0.2, -0.15) is 0 Å². The average molecular weight is 227 g/mol. The highest BCUT2D eigenvalue weighted by Gasteiger charge is 2.23. The molecule has 1 aromatic rings. The fourth-order valence-electron chi connectivity index (χ4n) is 1.79. The summed E-state index contributed by atoms with van der Waals surface area (Å²) in [5.74, 6) is 1.41. The van der Waals surface area contributed by atoms with Crippen molar-refractivity contribution < 1.29 is 4.74 Å². The number of ether oxygens (including phenoxy) is 1. The molecule has 1 aliphatic heterocycles. The van der Waals surface area contributed by atoms with E-state index in [0.717, 1.165) is 25.4 Å². The Morgan fingerprint density at radius 2 is 2.47 bits per heavy atom. The predicted molar refractivity (Wildman–Crippen MR) is 61.3 cm³/mol. The topological polar surface area (TPSA) is 34.1 Å². The summed E-state index contributed by atoms with van der Waals surface area (Å²) in [6.45, 7) is 3.88. The molecule has 0 amide bonds. The van der Waals surface area contributed by atoms with E-state index in [1.165, 1.54) is 0 Å². The minimum Gasteiger partial charge on any atom is -0.378 e. The molecule has 0 saturated carbocycles. The van der Waals surface area contributed by atoms with Crippen LogP contribution in [0.1, 0.15) is 13.3 Å². The molecular formula is C11H15ClN2O. The van der Waals surface area contributed by atoms with Gasteiger partial charge in [0.05, 0.1) is 6.10 Å². The molecule has 82 valence electrons. The third kappa shape index (κ3) is 2.83. The largest absolute Gasteiger partial charge is 0.378 e. The molecule has 4 heteroatoms. The van der Waals surface area contributed by atoms with Crippen LogP contribution in [0.3, 0.4) is 0 Å². The lowest BCUT2D eigenvalue weighted by Gasteiger charge is -2.14. The monoisotopic (exact) mass is 226 g/mol. The molecule has 0 aromatic carbocycles. The molecule has 2 unspecified atom stereocenters. The Balaban J connectivity index is 1.87. The van der Waals surface area contributed by atoms with Crippen LogP contribution in [0.25, 0.3) is 0 Å². The van der Waals surface area contributed by atoms with Crippen LogP contribution >= 0.6 is 11.6 Å². The van der Waals surface area contributed by atoms with E-state index in [4.69, 9.17) is 16.3 Å². The highest BCUT2D eigenvalue weighted by Crippen LogP contribution is 2.20. The van der Waals surface area contributed by atoms with E-state index in [-0.39, 0.29) is 0 Å². The van der Waals surface area contributed by atoms with E-state index in [0.29, 0.717) is 17.2 Å². The second-order valence-corrected chi connectivity index (χ2v) is 4.24. The maximum atomic E-state index is 5.79. The zero-order valence-electron chi connectivity index (χ0n) is 8.74. The molecule has 2 heterocycles. The molecule has 15 heavy (non-hydrogen) atoms. The Hall–Kier alpha value is -0.800. The number of rotatable bonds is 3. The first-order chi connectivity index (χ1) is 7.25. The van der Waals surface area contributed by atoms with Gasteiger partial charge in [0.25, 0.3) is 0 Å². The van der Waals surface area contributed by atoms with Gasteiger partial charge < -0.3 is 10.1 Å². The first kappa shape index (κ1) is 10.7. The van der Waals surface area contributed by atoms with Crippen molar-refractivity contribution in [1.29, 1.82) is 0 Å². The highest BCUT2D eigenvalue weighted by atomic mass is 35.5. The first-order valence-electron chi connectivity index (χ1n) is 5.24. The van der Waals surface area contributed by atoms with Crippen LogP contribution < -0.4 is 5.32 Å². The van der Waals surface area contributed by atoms with Crippen molar-refractivity contribution >= 4 is 17.4 Å². The van der Waals surface area contributed by atoms with Gasteiger partial charge in [0.2, 0.25) is 0 Å². The van der Waals surface area contributed by atoms with Crippen LogP contribution in [-0.2, 0) is 4.74 Å². The van der Waals surface area contributed by atoms with Gasteiger partial charge >= 0.3 is 0 Å². The molecule has 2 rings (SSSR count). The molecule has 1 aliphatic rings. The van der Waals surface area contributed by atoms with E-state index in [1.54, 1.807) is 6.07 Å². The van der Waals surface area contributed by atoms with E-state index in [9.17, 15) is 0 Å². The minimum absolute atomic E-state index is 0.344. The smallest absolute Gasteiger partial charge is 0.131 e. The lowest BCUT2D eigenvalue weighted by Crippen LogP contribution is -2.21. The number of halogens is 1. The van der Waals surface area contributed by atoms with Gasteiger partial charge in [-0.15, -0.1) is 0 Å². The van der Waals surface area contributed by atoms with Crippen molar-refractivity contribution in [3.63, 3.8) is 0 Å². The SMILES string of the molecule is CC1OCCC1CNc1cccc(Cl)n1. The van der Waals surface area contributed by atoms with Crippen molar-refractivity contribution in [3.05, 3.63) is 23.4 Å². The normalized spacial score (nSPS) is 25.5. The number of pyridine rings is 1. The molecule has 0 spiro atoms. The van der Waals surface area contributed by atoms with Crippen LogP contribution in [-0.4, -0.2) is 24.2 Å². The summed E-state index contributed by atoms with van der Waals surface area (Å²) in [6.07, 6.45) is 1.46. The van der Waals surface area contributed by atoms with Crippen molar-refractivity contribution in [1.82, 2.24) is 4.98 Å². The third-order valence-electron chi connectivity index (χ3n) is 2.79. The quantitative estimate of drug-likeness (QED) is 0.805. The van der Waals surface area contributed by atoms with Crippen molar-refractivity contribution in [2.45, 2.75) is 19.4 Å². The number of nitrogens with zero attached hydrogens (tertiary/aromatic N) is 1. The summed E-state index contributed by atoms with van der Waals surface area (Å²) in [6, 6.07) is 5.59. The highest BCUT2D eigenvalue weighted by molar-refractivity contribution is 6.29. The van der Waals surface area contributed by atoms with Gasteiger partial charge in [-0.25, -0.2) is 4.98 Å². The molecule has 0 bridgehead atoms. The Bertz CT molecular complexity index is 332. The van der Waals surface area contributed by atoms with Gasteiger partial charge in [0, 0.05) is 19.1 Å². The second-order valence-electron chi connectivity index (χ2n) is 3.85. The summed E-state index contributed by atoms with van der Waals surface area (Å²) in [5.41, 5.74) is 0. The van der Waals surface area contributed by atoms with Gasteiger partial charge in [-0.05, 0) is 25.5 Å². The summed E-state index contributed by atoms with van der Waals surface area (Å²) in [7, 11) is 0. The number of nitrogens with one attached hydrogen (secondary N) is 1. The minimum atomic E-state index is 0.344. The van der Waals surface area contributed by atoms with Gasteiger partial charge in [0.15, 0.2) is 0 Å². The van der Waals surface area contributed by atoms with Crippen molar-refractivity contribution in [2.24, 2.45) is 5.92 Å². The summed E-state index contributed by atoms with van der Waals surface area (Å²) >= 11 is 5.79. The lowest BCUT2D eigenvalue weighted by molar-refractivity contribution is 0.108. The fourth-order valence-corrected chi connectivity index (χ4v) is 1.95. The molecular weight excluding hydrogens is 212 g/mol. The Morgan fingerprint density at radius 3 is 3.13 bits per heavy atom. The maximum Gasteiger partial charge on any atom is 0.131 e. The van der Waals surface area contributed by atoms with Crippen molar-refractivity contribution in [2.75, 3.05) is 18.5 Å². The number of anilines is 1. The molecule has 1 aromatic heterocycles. The summed E-state index contributed by atoms with van der Waals surface area (Å²) in [4.78, 5) is 4.17. The van der Waals surface area contributed by atoms with Crippen LogP contribution in [0.15, 0.2) is 18.2 Å². The van der Waals surface area contributed by atoms with Gasteiger partial charge in [0.1, 0.15) is 11.0 Å². The van der Waals surface area contributed by atoms with Gasteiger partial charge in [-0.3, -0.25) is 0 Å². The average Bonchev–Trinajstić information content (AvgIpc) is 2.61. The maximum absolute atomic E-state index is 5.79. The van der Waals surface area contributed by atoms with Crippen LogP contribution in [0.2, 0.25) is 5.15 Å². The predicted octanol–water partition coefficient (Wildman–Crippen LogP) is 2.57. The van der Waals surface area contributed by atoms with Gasteiger partial charge in [-0.1, -0.05) is 17.7 Å². The number of hydrogen-bond donors (Lipinski definition) is 1. The Kier molecular flexibility index (Phi) is 3.44. The molecule has 0 aliphatic carbocycles.